The molecule has 1 amide bonds. The number of hydrogen-bond donors (Lipinski definition) is 2. The quantitative estimate of drug-likeness (QED) is 0.664. The summed E-state index contributed by atoms with van der Waals surface area (Å²) < 4.78 is 5.62. The molecule has 0 aliphatic heterocycles. The number of carboxylic acids is 1. The fourth-order valence-electron chi connectivity index (χ4n) is 2.12. The molecule has 0 radical (unpaired) electrons. The first kappa shape index (κ1) is 19.9. The molecule has 0 saturated heterocycles. The summed E-state index contributed by atoms with van der Waals surface area (Å²) in [5, 5.41) is 13.0. The minimum absolute atomic E-state index is 0.210. The molecular formula is C18H19ClN2O4S. The maximum Gasteiger partial charge on any atom is 0.326 e. The second kappa shape index (κ2) is 9.35. The first-order chi connectivity index (χ1) is 12.4. The Balaban J connectivity index is 2.02. The Morgan fingerprint density at radius 3 is 2.69 bits per heavy atom. The van der Waals surface area contributed by atoms with E-state index in [9.17, 15) is 14.7 Å². The van der Waals surface area contributed by atoms with E-state index in [4.69, 9.17) is 16.3 Å². The van der Waals surface area contributed by atoms with Crippen LogP contribution in [0.2, 0.25) is 5.02 Å². The summed E-state index contributed by atoms with van der Waals surface area (Å²) in [7, 11) is 0. The van der Waals surface area contributed by atoms with Gasteiger partial charge in [-0.3, -0.25) is 4.79 Å². The summed E-state index contributed by atoms with van der Waals surface area (Å²) in [5.41, 5.74) is 0.539. The van der Waals surface area contributed by atoms with E-state index in [0.717, 1.165) is 0 Å². The first-order valence-corrected chi connectivity index (χ1v) is 9.09. The number of amides is 1. The molecule has 8 heteroatoms. The number of carbonyl (C=O) groups is 2. The lowest BCUT2D eigenvalue weighted by molar-refractivity contribution is -0.139. The van der Waals surface area contributed by atoms with Crippen molar-refractivity contribution >= 4 is 34.8 Å². The Morgan fingerprint density at radius 1 is 1.38 bits per heavy atom. The van der Waals surface area contributed by atoms with E-state index < -0.39 is 17.9 Å². The Bertz CT molecular complexity index is 802. The van der Waals surface area contributed by atoms with E-state index in [1.165, 1.54) is 11.3 Å². The van der Waals surface area contributed by atoms with E-state index in [1.807, 2.05) is 0 Å². The predicted octanol–water partition coefficient (Wildman–Crippen LogP) is 3.83. The van der Waals surface area contributed by atoms with Crippen LogP contribution in [0.3, 0.4) is 0 Å². The molecule has 0 aliphatic rings. The third-order valence-corrected chi connectivity index (χ3v) is 4.82. The molecule has 138 valence electrons. The fraction of sp³-hybridized carbons (Fsp3) is 0.278. The van der Waals surface area contributed by atoms with Crippen molar-refractivity contribution in [2.45, 2.75) is 32.9 Å². The third kappa shape index (κ3) is 5.57. The highest BCUT2D eigenvalue weighted by molar-refractivity contribution is 7.13. The van der Waals surface area contributed by atoms with Crippen LogP contribution in [0.1, 0.15) is 33.7 Å². The van der Waals surface area contributed by atoms with Gasteiger partial charge in [0, 0.05) is 5.02 Å². The monoisotopic (exact) mass is 394 g/mol. The number of rotatable bonds is 8. The van der Waals surface area contributed by atoms with Gasteiger partial charge in [0.2, 0.25) is 0 Å². The van der Waals surface area contributed by atoms with E-state index in [1.54, 1.807) is 50.3 Å². The molecule has 0 saturated carbocycles. The van der Waals surface area contributed by atoms with Crippen molar-refractivity contribution < 1.29 is 19.4 Å². The van der Waals surface area contributed by atoms with Crippen molar-refractivity contribution in [2.75, 3.05) is 0 Å². The summed E-state index contributed by atoms with van der Waals surface area (Å²) in [5.74, 6) is -0.884. The summed E-state index contributed by atoms with van der Waals surface area (Å²) in [6.07, 6.45) is 3.66. The van der Waals surface area contributed by atoms with Crippen LogP contribution >= 0.6 is 22.9 Å². The first-order valence-electron chi connectivity index (χ1n) is 7.90. The summed E-state index contributed by atoms with van der Waals surface area (Å²) >= 11 is 7.01. The summed E-state index contributed by atoms with van der Waals surface area (Å²) in [6, 6.07) is 5.96. The number of nitrogens with zero attached hydrogens (tertiary/aromatic N) is 1. The van der Waals surface area contributed by atoms with Crippen molar-refractivity contribution in [3.8, 4) is 5.75 Å². The number of halogens is 1. The zero-order valence-corrected chi connectivity index (χ0v) is 15.9. The molecule has 0 bridgehead atoms. The Morgan fingerprint density at radius 2 is 2.08 bits per heavy atom. The molecule has 1 aromatic carbocycles. The topological polar surface area (TPSA) is 88.5 Å². The van der Waals surface area contributed by atoms with Crippen LogP contribution in [-0.2, 0) is 11.4 Å². The molecule has 0 fully saturated rings. The molecule has 2 aromatic rings. The largest absolute Gasteiger partial charge is 0.486 e. The number of nitrogens with one attached hydrogen (secondary N) is 1. The SMILES string of the molecule is C/C=C/CC(NC(=O)c1sc(COc2ccc(Cl)cc2)nc1C)C(=O)O. The Labute approximate surface area is 160 Å². The van der Waals surface area contributed by atoms with Gasteiger partial charge in [0.25, 0.3) is 5.91 Å². The Kier molecular flexibility index (Phi) is 7.17. The number of aromatic nitrogens is 1. The zero-order valence-electron chi connectivity index (χ0n) is 14.4. The molecule has 2 N–H and O–H groups in total. The van der Waals surface area contributed by atoms with Gasteiger partial charge < -0.3 is 15.2 Å². The van der Waals surface area contributed by atoms with Crippen molar-refractivity contribution in [3.05, 3.63) is 57.0 Å². The van der Waals surface area contributed by atoms with Gasteiger partial charge in [0.05, 0.1) is 5.69 Å². The van der Waals surface area contributed by atoms with Crippen LogP contribution in [0.25, 0.3) is 0 Å². The van der Waals surface area contributed by atoms with Gasteiger partial charge in [-0.15, -0.1) is 11.3 Å². The van der Waals surface area contributed by atoms with Gasteiger partial charge in [-0.1, -0.05) is 23.8 Å². The Hall–Kier alpha value is -2.38. The highest BCUT2D eigenvalue weighted by atomic mass is 35.5. The van der Waals surface area contributed by atoms with E-state index in [0.29, 0.717) is 26.4 Å². The normalized spacial score (nSPS) is 12.1. The molecule has 1 heterocycles. The number of carboxylic acid groups (broad SMARTS) is 1. The van der Waals surface area contributed by atoms with Crippen LogP contribution in [0.4, 0.5) is 0 Å². The highest BCUT2D eigenvalue weighted by Gasteiger charge is 2.22. The summed E-state index contributed by atoms with van der Waals surface area (Å²) in [4.78, 5) is 28.3. The maximum absolute atomic E-state index is 12.4. The molecule has 1 atom stereocenters. The average Bonchev–Trinajstić information content (AvgIpc) is 2.98. The highest BCUT2D eigenvalue weighted by Crippen LogP contribution is 2.21. The van der Waals surface area contributed by atoms with Gasteiger partial charge in [-0.2, -0.15) is 0 Å². The van der Waals surface area contributed by atoms with Crippen LogP contribution in [-0.4, -0.2) is 28.0 Å². The lowest BCUT2D eigenvalue weighted by Crippen LogP contribution is -2.40. The van der Waals surface area contributed by atoms with Crippen LogP contribution in [0.15, 0.2) is 36.4 Å². The average molecular weight is 395 g/mol. The van der Waals surface area contributed by atoms with Crippen molar-refractivity contribution in [1.29, 1.82) is 0 Å². The van der Waals surface area contributed by atoms with E-state index in [-0.39, 0.29) is 13.0 Å². The predicted molar refractivity (Wildman–Crippen MR) is 101 cm³/mol. The molecule has 0 spiro atoms. The number of hydrogen-bond acceptors (Lipinski definition) is 5. The molecule has 1 unspecified atom stereocenters. The number of aryl methyl sites for hydroxylation is 1. The lowest BCUT2D eigenvalue weighted by atomic mass is 10.2. The van der Waals surface area contributed by atoms with Gasteiger partial charge in [-0.25, -0.2) is 9.78 Å². The van der Waals surface area contributed by atoms with Gasteiger partial charge in [0.1, 0.15) is 28.3 Å². The van der Waals surface area contributed by atoms with Gasteiger partial charge in [-0.05, 0) is 44.5 Å². The molecular weight excluding hydrogens is 376 g/mol. The third-order valence-electron chi connectivity index (χ3n) is 3.43. The van der Waals surface area contributed by atoms with Crippen molar-refractivity contribution in [1.82, 2.24) is 10.3 Å². The fourth-order valence-corrected chi connectivity index (χ4v) is 3.13. The summed E-state index contributed by atoms with van der Waals surface area (Å²) in [6.45, 7) is 3.71. The van der Waals surface area contributed by atoms with Gasteiger partial charge >= 0.3 is 5.97 Å². The van der Waals surface area contributed by atoms with Crippen molar-refractivity contribution in [2.24, 2.45) is 0 Å². The molecule has 1 aromatic heterocycles. The lowest BCUT2D eigenvalue weighted by Gasteiger charge is -2.11. The van der Waals surface area contributed by atoms with Crippen LogP contribution in [0.5, 0.6) is 5.75 Å². The smallest absolute Gasteiger partial charge is 0.326 e. The molecule has 2 rings (SSSR count). The molecule has 6 nitrogen and oxygen atoms in total. The second-order valence-corrected chi connectivity index (χ2v) is 6.95. The number of ether oxygens (including phenoxy) is 1. The van der Waals surface area contributed by atoms with Gasteiger partial charge in [0.15, 0.2) is 0 Å². The van der Waals surface area contributed by atoms with E-state index >= 15 is 0 Å². The second-order valence-electron chi connectivity index (χ2n) is 5.43. The van der Waals surface area contributed by atoms with Crippen molar-refractivity contribution in [3.63, 3.8) is 0 Å². The molecule has 26 heavy (non-hydrogen) atoms. The van der Waals surface area contributed by atoms with Crippen LogP contribution < -0.4 is 10.1 Å². The van der Waals surface area contributed by atoms with E-state index in [2.05, 4.69) is 10.3 Å². The minimum atomic E-state index is -1.08. The van der Waals surface area contributed by atoms with Crippen LogP contribution in [0, 0.1) is 6.92 Å². The molecule has 0 aliphatic carbocycles. The maximum atomic E-state index is 12.4. The minimum Gasteiger partial charge on any atom is -0.486 e. The number of allylic oxidation sites excluding steroid dienone is 1. The number of aliphatic carboxylic acids is 1. The number of carbonyl (C=O) groups excluding carboxylic acids is 1. The zero-order chi connectivity index (χ0) is 19.1. The standard InChI is InChI=1S/C18H19ClN2O4S/c1-3-4-5-14(18(23)24)21-17(22)16-11(2)20-15(26-16)10-25-13-8-6-12(19)7-9-13/h3-4,6-9,14H,5,10H2,1-2H3,(H,21,22)(H,23,24)/b4-3+. The number of benzene rings is 1. The number of thiazole rings is 1.